The van der Waals surface area contributed by atoms with E-state index < -0.39 is 5.91 Å². The molecule has 124 valence electrons. The van der Waals surface area contributed by atoms with Crippen molar-refractivity contribution < 1.29 is 9.18 Å². The van der Waals surface area contributed by atoms with E-state index in [4.69, 9.17) is 17.3 Å². The third-order valence-electron chi connectivity index (χ3n) is 4.01. The number of aliphatic imine (C=N–C) groups is 1. The fraction of sp³-hybridized carbons (Fsp3) is 0.0556. The molecule has 3 aromatic rings. The van der Waals surface area contributed by atoms with Crippen LogP contribution >= 0.6 is 11.6 Å². The first-order chi connectivity index (χ1) is 12.0. The first-order valence-electron chi connectivity index (χ1n) is 7.52. The molecule has 7 heteroatoms. The standard InChI is InChI=1S/C18H12ClFN4O/c19-10-5-6-15-12(7-10)17(11-3-1-2-4-13(11)20)22-8-16-23-14(18(21)25)9-24(15)16/h1-7,9H,8H2,(H2,21,25). The van der Waals surface area contributed by atoms with Crippen molar-refractivity contribution in [1.82, 2.24) is 9.55 Å². The Bertz CT molecular complexity index is 1040. The van der Waals surface area contributed by atoms with Gasteiger partial charge in [-0.25, -0.2) is 9.37 Å². The van der Waals surface area contributed by atoms with Gasteiger partial charge in [-0.2, -0.15) is 0 Å². The molecular weight excluding hydrogens is 343 g/mol. The molecule has 1 amide bonds. The van der Waals surface area contributed by atoms with Crippen LogP contribution in [0.5, 0.6) is 0 Å². The maximum absolute atomic E-state index is 14.3. The zero-order valence-electron chi connectivity index (χ0n) is 12.9. The van der Waals surface area contributed by atoms with Crippen LogP contribution < -0.4 is 5.73 Å². The number of carbonyl (C=O) groups excluding carboxylic acids is 1. The first kappa shape index (κ1) is 15.5. The number of aromatic nitrogens is 2. The second kappa shape index (κ2) is 5.82. The van der Waals surface area contributed by atoms with E-state index in [0.29, 0.717) is 33.4 Å². The third kappa shape index (κ3) is 2.60. The highest BCUT2D eigenvalue weighted by Gasteiger charge is 2.23. The van der Waals surface area contributed by atoms with E-state index in [0.717, 1.165) is 0 Å². The van der Waals surface area contributed by atoms with Crippen LogP contribution in [0.3, 0.4) is 0 Å². The van der Waals surface area contributed by atoms with Crippen LogP contribution in [-0.2, 0) is 6.54 Å². The lowest BCUT2D eigenvalue weighted by Crippen LogP contribution is -2.12. The van der Waals surface area contributed by atoms with Gasteiger partial charge in [0.2, 0.25) is 0 Å². The topological polar surface area (TPSA) is 73.3 Å². The molecule has 2 heterocycles. The minimum Gasteiger partial charge on any atom is -0.364 e. The zero-order chi connectivity index (χ0) is 17.6. The number of nitrogens with zero attached hydrogens (tertiary/aromatic N) is 3. The van der Waals surface area contributed by atoms with Crippen molar-refractivity contribution in [1.29, 1.82) is 0 Å². The Morgan fingerprint density at radius 3 is 2.76 bits per heavy atom. The summed E-state index contributed by atoms with van der Waals surface area (Å²) in [6.45, 7) is 0.184. The van der Waals surface area contributed by atoms with Crippen molar-refractivity contribution in [3.63, 3.8) is 0 Å². The van der Waals surface area contributed by atoms with Crippen LogP contribution in [-0.4, -0.2) is 21.2 Å². The molecule has 5 nitrogen and oxygen atoms in total. The molecule has 1 aliphatic heterocycles. The molecule has 1 aliphatic rings. The van der Waals surface area contributed by atoms with Gasteiger partial charge in [-0.1, -0.05) is 23.7 Å². The molecule has 0 fully saturated rings. The Morgan fingerprint density at radius 2 is 2.00 bits per heavy atom. The molecule has 1 aromatic heterocycles. The largest absolute Gasteiger partial charge is 0.364 e. The molecule has 0 bridgehead atoms. The summed E-state index contributed by atoms with van der Waals surface area (Å²) in [7, 11) is 0. The molecular formula is C18H12ClFN4O. The van der Waals surface area contributed by atoms with Gasteiger partial charge >= 0.3 is 0 Å². The number of amides is 1. The van der Waals surface area contributed by atoms with Gasteiger partial charge in [0.25, 0.3) is 5.91 Å². The highest BCUT2D eigenvalue weighted by atomic mass is 35.5. The molecule has 0 spiro atoms. The molecule has 2 N–H and O–H groups in total. The number of nitrogens with two attached hydrogens (primary N) is 1. The van der Waals surface area contributed by atoms with Gasteiger partial charge in [0.05, 0.1) is 17.9 Å². The van der Waals surface area contributed by atoms with Crippen LogP contribution in [0.25, 0.3) is 5.69 Å². The van der Waals surface area contributed by atoms with E-state index in [1.54, 1.807) is 47.2 Å². The van der Waals surface area contributed by atoms with Gasteiger partial charge in [0, 0.05) is 22.3 Å². The van der Waals surface area contributed by atoms with Crippen molar-refractivity contribution in [3.8, 4) is 5.69 Å². The van der Waals surface area contributed by atoms with Crippen LogP contribution in [0.15, 0.2) is 53.7 Å². The summed E-state index contributed by atoms with van der Waals surface area (Å²) < 4.78 is 16.1. The van der Waals surface area contributed by atoms with Crippen LogP contribution in [0.2, 0.25) is 5.02 Å². The summed E-state index contributed by atoms with van der Waals surface area (Å²) in [5.41, 5.74) is 7.71. The van der Waals surface area contributed by atoms with Gasteiger partial charge in [0.15, 0.2) is 0 Å². The van der Waals surface area contributed by atoms with Crippen molar-refractivity contribution in [2.45, 2.75) is 6.54 Å². The van der Waals surface area contributed by atoms with Crippen molar-refractivity contribution in [3.05, 3.63) is 82.1 Å². The van der Waals surface area contributed by atoms with Gasteiger partial charge in [-0.05, 0) is 30.3 Å². The van der Waals surface area contributed by atoms with E-state index in [1.165, 1.54) is 6.07 Å². The van der Waals surface area contributed by atoms with E-state index in [-0.39, 0.29) is 18.1 Å². The van der Waals surface area contributed by atoms with Gasteiger partial charge in [0.1, 0.15) is 17.3 Å². The summed E-state index contributed by atoms with van der Waals surface area (Å²) in [6, 6.07) is 11.7. The maximum Gasteiger partial charge on any atom is 0.268 e. The lowest BCUT2D eigenvalue weighted by atomic mass is 10.00. The summed E-state index contributed by atoms with van der Waals surface area (Å²) in [5.74, 6) is -0.442. The number of rotatable bonds is 2. The van der Waals surface area contributed by atoms with Gasteiger partial charge in [-0.15, -0.1) is 0 Å². The van der Waals surface area contributed by atoms with Crippen LogP contribution in [0, 0.1) is 5.82 Å². The van der Waals surface area contributed by atoms with Gasteiger partial charge in [-0.3, -0.25) is 9.79 Å². The van der Waals surface area contributed by atoms with E-state index in [1.807, 2.05) is 0 Å². The van der Waals surface area contributed by atoms with Crippen molar-refractivity contribution >= 4 is 23.2 Å². The monoisotopic (exact) mass is 354 g/mol. The number of imidazole rings is 1. The Labute approximate surface area is 147 Å². The number of hydrogen-bond acceptors (Lipinski definition) is 3. The summed E-state index contributed by atoms with van der Waals surface area (Å²) in [5, 5.41) is 0.501. The highest BCUT2D eigenvalue weighted by Crippen LogP contribution is 2.28. The van der Waals surface area contributed by atoms with E-state index in [9.17, 15) is 9.18 Å². The third-order valence-corrected chi connectivity index (χ3v) is 4.25. The minimum atomic E-state index is -0.616. The second-order valence-electron chi connectivity index (χ2n) is 5.58. The summed E-state index contributed by atoms with van der Waals surface area (Å²) >= 11 is 6.16. The van der Waals surface area contributed by atoms with E-state index >= 15 is 0 Å². The molecule has 0 atom stereocenters. The maximum atomic E-state index is 14.3. The average Bonchev–Trinajstić information content (AvgIpc) is 2.95. The Balaban J connectivity index is 1.98. The fourth-order valence-electron chi connectivity index (χ4n) is 2.88. The Hall–Kier alpha value is -2.99. The first-order valence-corrected chi connectivity index (χ1v) is 7.90. The van der Waals surface area contributed by atoms with Crippen molar-refractivity contribution in [2.24, 2.45) is 10.7 Å². The molecule has 0 unspecified atom stereocenters. The Morgan fingerprint density at radius 1 is 1.20 bits per heavy atom. The smallest absolute Gasteiger partial charge is 0.268 e. The lowest BCUT2D eigenvalue weighted by Gasteiger charge is -2.12. The van der Waals surface area contributed by atoms with E-state index in [2.05, 4.69) is 9.98 Å². The van der Waals surface area contributed by atoms with Crippen LogP contribution in [0.4, 0.5) is 4.39 Å². The highest BCUT2D eigenvalue weighted by molar-refractivity contribution is 6.31. The van der Waals surface area contributed by atoms with Crippen LogP contribution in [0.1, 0.15) is 27.4 Å². The predicted molar refractivity (Wildman–Crippen MR) is 92.8 cm³/mol. The molecule has 0 radical (unpaired) electrons. The SMILES string of the molecule is NC(=O)c1cn2c(n1)CN=C(c1ccccc1F)c1cc(Cl)ccc1-2. The average molecular weight is 355 g/mol. The summed E-state index contributed by atoms with van der Waals surface area (Å²) in [4.78, 5) is 20.2. The number of hydrogen-bond donors (Lipinski definition) is 1. The molecule has 25 heavy (non-hydrogen) atoms. The zero-order valence-corrected chi connectivity index (χ0v) is 13.7. The molecule has 0 saturated heterocycles. The number of halogens is 2. The normalized spacial score (nSPS) is 12.8. The second-order valence-corrected chi connectivity index (χ2v) is 6.02. The Kier molecular flexibility index (Phi) is 3.62. The molecule has 0 aliphatic carbocycles. The number of benzene rings is 2. The van der Waals surface area contributed by atoms with Gasteiger partial charge < -0.3 is 10.3 Å². The molecule has 0 saturated carbocycles. The number of primary amides is 1. The number of fused-ring (bicyclic) bond motifs is 3. The number of carbonyl (C=O) groups is 1. The fourth-order valence-corrected chi connectivity index (χ4v) is 3.06. The molecule has 2 aromatic carbocycles. The quantitative estimate of drug-likeness (QED) is 0.768. The predicted octanol–water partition coefficient (Wildman–Crippen LogP) is 3.11. The summed E-state index contributed by atoms with van der Waals surface area (Å²) in [6.07, 6.45) is 1.56. The van der Waals surface area contributed by atoms with Crippen molar-refractivity contribution in [2.75, 3.05) is 0 Å². The minimum absolute atomic E-state index is 0.153. The molecule has 4 rings (SSSR count). The lowest BCUT2D eigenvalue weighted by molar-refractivity contribution is 0.0996.